The lowest BCUT2D eigenvalue weighted by Gasteiger charge is -2.14. The standard InChI is InChI=1S/C17H18F3N3O/c1-10(2)23-16(11-3-4-14(24)6-11)7-15(22-23)12-5-13(9-21-8-12)17(18,19)20/h5,7-11H,3-4,6H2,1-2H3/t11-/m0/s1. The molecule has 2 aromatic heterocycles. The van der Waals surface area contributed by atoms with Crippen LogP contribution in [0.15, 0.2) is 24.5 Å². The summed E-state index contributed by atoms with van der Waals surface area (Å²) in [5, 5.41) is 4.47. The summed E-state index contributed by atoms with van der Waals surface area (Å²) in [6.07, 6.45) is -0.472. The number of rotatable bonds is 3. The van der Waals surface area contributed by atoms with Gasteiger partial charge in [0.2, 0.25) is 0 Å². The highest BCUT2D eigenvalue weighted by Crippen LogP contribution is 2.36. The smallest absolute Gasteiger partial charge is 0.300 e. The van der Waals surface area contributed by atoms with Gasteiger partial charge in [-0.3, -0.25) is 14.5 Å². The Kier molecular flexibility index (Phi) is 4.19. The Morgan fingerprint density at radius 2 is 2.00 bits per heavy atom. The van der Waals surface area contributed by atoms with Crippen molar-refractivity contribution in [3.8, 4) is 11.3 Å². The van der Waals surface area contributed by atoms with Gasteiger partial charge in [-0.25, -0.2) is 0 Å². The third-order valence-corrected chi connectivity index (χ3v) is 4.28. The zero-order valence-corrected chi connectivity index (χ0v) is 13.5. The molecule has 24 heavy (non-hydrogen) atoms. The van der Waals surface area contributed by atoms with Crippen molar-refractivity contribution < 1.29 is 18.0 Å². The van der Waals surface area contributed by atoms with Gasteiger partial charge >= 0.3 is 6.18 Å². The van der Waals surface area contributed by atoms with Crippen LogP contribution in [0.25, 0.3) is 11.3 Å². The number of aromatic nitrogens is 3. The quantitative estimate of drug-likeness (QED) is 0.835. The zero-order valence-electron chi connectivity index (χ0n) is 13.5. The normalized spacial score (nSPS) is 18.6. The van der Waals surface area contributed by atoms with Crippen molar-refractivity contribution in [2.24, 2.45) is 0 Å². The number of nitrogens with zero attached hydrogens (tertiary/aromatic N) is 3. The van der Waals surface area contributed by atoms with Gasteiger partial charge in [0.05, 0.1) is 11.3 Å². The third-order valence-electron chi connectivity index (χ3n) is 4.28. The van der Waals surface area contributed by atoms with E-state index in [0.717, 1.165) is 24.4 Å². The molecule has 0 amide bonds. The van der Waals surface area contributed by atoms with Crippen LogP contribution in [-0.4, -0.2) is 20.5 Å². The number of halogens is 3. The van der Waals surface area contributed by atoms with E-state index in [1.807, 2.05) is 13.8 Å². The molecule has 0 unspecified atom stereocenters. The summed E-state index contributed by atoms with van der Waals surface area (Å²) < 4.78 is 40.5. The second-order valence-corrected chi connectivity index (χ2v) is 6.43. The Balaban J connectivity index is 2.02. The van der Waals surface area contributed by atoms with Crippen molar-refractivity contribution in [3.05, 3.63) is 35.8 Å². The largest absolute Gasteiger partial charge is 0.417 e. The third kappa shape index (κ3) is 3.20. The molecule has 1 saturated carbocycles. The van der Waals surface area contributed by atoms with E-state index in [2.05, 4.69) is 10.1 Å². The fourth-order valence-corrected chi connectivity index (χ4v) is 3.07. The molecule has 2 heterocycles. The molecule has 0 aliphatic heterocycles. The van der Waals surface area contributed by atoms with E-state index in [1.165, 1.54) is 6.20 Å². The van der Waals surface area contributed by atoms with Crippen molar-refractivity contribution in [1.29, 1.82) is 0 Å². The summed E-state index contributed by atoms with van der Waals surface area (Å²) in [5.74, 6) is 0.304. The average Bonchev–Trinajstić information content (AvgIpc) is 3.12. The lowest BCUT2D eigenvalue weighted by atomic mass is 10.0. The van der Waals surface area contributed by atoms with Gasteiger partial charge in [0.25, 0.3) is 0 Å². The van der Waals surface area contributed by atoms with Crippen LogP contribution in [0.2, 0.25) is 0 Å². The van der Waals surface area contributed by atoms with Crippen LogP contribution >= 0.6 is 0 Å². The Bertz CT molecular complexity index is 765. The van der Waals surface area contributed by atoms with Crippen molar-refractivity contribution in [2.45, 2.75) is 51.2 Å². The van der Waals surface area contributed by atoms with Crippen molar-refractivity contribution in [3.63, 3.8) is 0 Å². The van der Waals surface area contributed by atoms with Gasteiger partial charge < -0.3 is 0 Å². The molecule has 0 saturated heterocycles. The predicted molar refractivity (Wildman–Crippen MR) is 82.4 cm³/mol. The Morgan fingerprint density at radius 1 is 1.25 bits per heavy atom. The molecule has 0 aromatic carbocycles. The molecule has 0 bridgehead atoms. The van der Waals surface area contributed by atoms with Crippen molar-refractivity contribution >= 4 is 5.78 Å². The molecule has 1 atom stereocenters. The van der Waals surface area contributed by atoms with E-state index in [0.29, 0.717) is 24.1 Å². The molecule has 4 nitrogen and oxygen atoms in total. The fourth-order valence-electron chi connectivity index (χ4n) is 3.07. The van der Waals surface area contributed by atoms with Crippen LogP contribution < -0.4 is 0 Å². The lowest BCUT2D eigenvalue weighted by molar-refractivity contribution is -0.137. The second-order valence-electron chi connectivity index (χ2n) is 6.43. The minimum Gasteiger partial charge on any atom is -0.300 e. The van der Waals surface area contributed by atoms with Crippen LogP contribution in [0, 0.1) is 0 Å². The van der Waals surface area contributed by atoms with E-state index in [1.54, 1.807) is 10.7 Å². The van der Waals surface area contributed by atoms with Gasteiger partial charge in [0, 0.05) is 48.5 Å². The highest BCUT2D eigenvalue weighted by molar-refractivity contribution is 5.81. The molecule has 0 spiro atoms. The summed E-state index contributed by atoms with van der Waals surface area (Å²) in [4.78, 5) is 15.3. The van der Waals surface area contributed by atoms with E-state index in [4.69, 9.17) is 0 Å². The second kappa shape index (κ2) is 6.03. The molecular weight excluding hydrogens is 319 g/mol. The summed E-state index contributed by atoms with van der Waals surface area (Å²) in [6.45, 7) is 3.92. The average molecular weight is 337 g/mol. The van der Waals surface area contributed by atoms with E-state index in [9.17, 15) is 18.0 Å². The molecule has 1 aliphatic carbocycles. The van der Waals surface area contributed by atoms with E-state index in [-0.39, 0.29) is 17.7 Å². The van der Waals surface area contributed by atoms with Crippen LogP contribution in [0.5, 0.6) is 0 Å². The lowest BCUT2D eigenvalue weighted by Crippen LogP contribution is -2.10. The van der Waals surface area contributed by atoms with Crippen LogP contribution in [0.3, 0.4) is 0 Å². The van der Waals surface area contributed by atoms with Gasteiger partial charge in [0.1, 0.15) is 5.78 Å². The van der Waals surface area contributed by atoms with E-state index < -0.39 is 11.7 Å². The molecule has 128 valence electrons. The number of hydrogen-bond donors (Lipinski definition) is 0. The highest BCUT2D eigenvalue weighted by atomic mass is 19.4. The summed E-state index contributed by atoms with van der Waals surface area (Å²) in [7, 11) is 0. The molecule has 3 rings (SSSR count). The number of pyridine rings is 1. The molecule has 1 fully saturated rings. The van der Waals surface area contributed by atoms with Crippen molar-refractivity contribution in [2.75, 3.05) is 0 Å². The minimum atomic E-state index is -4.44. The van der Waals surface area contributed by atoms with Gasteiger partial charge in [-0.05, 0) is 32.4 Å². The summed E-state index contributed by atoms with van der Waals surface area (Å²) in [5.41, 5.74) is 0.895. The minimum absolute atomic E-state index is 0.0585. The number of ketones is 1. The Morgan fingerprint density at radius 3 is 2.58 bits per heavy atom. The SMILES string of the molecule is CC(C)n1nc(-c2cncc(C(F)(F)F)c2)cc1[C@H]1CCC(=O)C1. The monoisotopic (exact) mass is 337 g/mol. The molecule has 2 aromatic rings. The fraction of sp³-hybridized carbons (Fsp3) is 0.471. The summed E-state index contributed by atoms with van der Waals surface area (Å²) in [6, 6.07) is 2.91. The van der Waals surface area contributed by atoms with Gasteiger partial charge in [-0.1, -0.05) is 0 Å². The van der Waals surface area contributed by atoms with Crippen LogP contribution in [0.4, 0.5) is 13.2 Å². The van der Waals surface area contributed by atoms with Crippen molar-refractivity contribution in [1.82, 2.24) is 14.8 Å². The van der Waals surface area contributed by atoms with E-state index >= 15 is 0 Å². The maximum Gasteiger partial charge on any atom is 0.417 e. The first-order valence-corrected chi connectivity index (χ1v) is 7.89. The predicted octanol–water partition coefficient (Wildman–Crippen LogP) is 4.38. The van der Waals surface area contributed by atoms with Crippen LogP contribution in [-0.2, 0) is 11.0 Å². The number of alkyl halides is 3. The topological polar surface area (TPSA) is 47.8 Å². The summed E-state index contributed by atoms with van der Waals surface area (Å²) >= 11 is 0. The number of hydrogen-bond acceptors (Lipinski definition) is 3. The van der Waals surface area contributed by atoms with Gasteiger partial charge in [0.15, 0.2) is 0 Å². The zero-order chi connectivity index (χ0) is 17.5. The molecule has 0 radical (unpaired) electrons. The Labute approximate surface area is 137 Å². The number of carbonyl (C=O) groups is 1. The van der Waals surface area contributed by atoms with Crippen LogP contribution in [0.1, 0.15) is 56.3 Å². The molecule has 1 aliphatic rings. The Hall–Kier alpha value is -2.18. The first-order chi connectivity index (χ1) is 11.3. The number of Topliss-reactive ketones (excluding diaryl/α,β-unsaturated/α-hetero) is 1. The maximum absolute atomic E-state index is 12.9. The van der Waals surface area contributed by atoms with Gasteiger partial charge in [-0.2, -0.15) is 18.3 Å². The highest BCUT2D eigenvalue weighted by Gasteiger charge is 2.32. The maximum atomic E-state index is 12.9. The first-order valence-electron chi connectivity index (χ1n) is 7.89. The molecule has 7 heteroatoms. The molecule has 0 N–H and O–H groups in total. The number of carbonyl (C=O) groups excluding carboxylic acids is 1. The van der Waals surface area contributed by atoms with Gasteiger partial charge in [-0.15, -0.1) is 0 Å². The molecular formula is C17H18F3N3O. The first kappa shape index (κ1) is 16.7.